The van der Waals surface area contributed by atoms with Crippen LogP contribution in [0.25, 0.3) is 0 Å². The third-order valence-electron chi connectivity index (χ3n) is 3.12. The van der Waals surface area contributed by atoms with Gasteiger partial charge in [0.2, 0.25) is 0 Å². The Hall–Kier alpha value is -0.960. The number of rotatable bonds is 5. The lowest BCUT2D eigenvalue weighted by atomic mass is 9.93. The average Bonchev–Trinajstić information content (AvgIpc) is 2.26. The van der Waals surface area contributed by atoms with Crippen molar-refractivity contribution in [2.75, 3.05) is 0 Å². The lowest BCUT2D eigenvalue weighted by Crippen LogP contribution is -2.32. The minimum atomic E-state index is -2.76. The average molecular weight is 255 g/mol. The number of halogens is 2. The molecule has 1 rings (SSSR count). The van der Waals surface area contributed by atoms with Crippen molar-refractivity contribution in [3.63, 3.8) is 0 Å². The normalized spacial score (nSPS) is 13.1. The van der Waals surface area contributed by atoms with E-state index in [2.05, 4.69) is 0 Å². The highest BCUT2D eigenvalue weighted by Gasteiger charge is 2.35. The van der Waals surface area contributed by atoms with Gasteiger partial charge in [0.05, 0.1) is 0 Å². The summed E-state index contributed by atoms with van der Waals surface area (Å²) in [6.45, 7) is 7.00. The second kappa shape index (κ2) is 5.35. The molecule has 1 aromatic rings. The number of hydrogen-bond acceptors (Lipinski definition) is 1. The number of alkyl halides is 2. The van der Waals surface area contributed by atoms with Crippen molar-refractivity contribution >= 4 is 0 Å². The van der Waals surface area contributed by atoms with Crippen LogP contribution in [0.5, 0.6) is 0 Å². The van der Waals surface area contributed by atoms with E-state index < -0.39 is 11.8 Å². The summed E-state index contributed by atoms with van der Waals surface area (Å²) in [6, 6.07) is 6.60. The summed E-state index contributed by atoms with van der Waals surface area (Å²) < 4.78 is 27.5. The van der Waals surface area contributed by atoms with E-state index in [1.165, 1.54) is 26.0 Å². The Morgan fingerprint density at radius 1 is 1.11 bits per heavy atom. The van der Waals surface area contributed by atoms with E-state index in [-0.39, 0.29) is 11.1 Å². The number of benzene rings is 1. The monoisotopic (exact) mass is 255 g/mol. The van der Waals surface area contributed by atoms with Gasteiger partial charge in [-0.1, -0.05) is 38.1 Å². The van der Waals surface area contributed by atoms with Crippen LogP contribution in [-0.2, 0) is 12.3 Å². The van der Waals surface area contributed by atoms with E-state index in [0.29, 0.717) is 0 Å². The van der Waals surface area contributed by atoms with E-state index in [9.17, 15) is 8.78 Å². The molecule has 102 valence electrons. The lowest BCUT2D eigenvalue weighted by molar-refractivity contribution is -0.0513. The fourth-order valence-electron chi connectivity index (χ4n) is 1.69. The highest BCUT2D eigenvalue weighted by atomic mass is 19.3. The summed E-state index contributed by atoms with van der Waals surface area (Å²) in [7, 11) is 0. The van der Waals surface area contributed by atoms with Gasteiger partial charge in [-0.05, 0) is 32.3 Å². The molecule has 3 heteroatoms. The first kappa shape index (κ1) is 15.1. The van der Waals surface area contributed by atoms with E-state index in [4.69, 9.17) is 5.73 Å². The largest absolute Gasteiger partial charge is 0.326 e. The highest BCUT2D eigenvalue weighted by molar-refractivity contribution is 5.26. The Kier molecular flexibility index (Phi) is 4.49. The summed E-state index contributed by atoms with van der Waals surface area (Å²) >= 11 is 0. The van der Waals surface area contributed by atoms with Crippen molar-refractivity contribution in [3.8, 4) is 0 Å². The molecule has 0 heterocycles. The fourth-order valence-corrected chi connectivity index (χ4v) is 1.69. The Balaban J connectivity index is 2.75. The quantitative estimate of drug-likeness (QED) is 0.842. The standard InChI is InChI=1S/C15H23F2N/c1-11(2)15(16,17)13-7-5-12(6-8-13)9-10-14(3,4)18/h5-8,11H,9-10,18H2,1-4H3. The summed E-state index contributed by atoms with van der Waals surface area (Å²) in [4.78, 5) is 0. The molecule has 0 saturated carbocycles. The minimum absolute atomic E-state index is 0.0910. The van der Waals surface area contributed by atoms with Crippen molar-refractivity contribution in [1.82, 2.24) is 0 Å². The second-order valence-electron chi connectivity index (χ2n) is 5.96. The van der Waals surface area contributed by atoms with Gasteiger partial charge in [-0.25, -0.2) is 8.78 Å². The van der Waals surface area contributed by atoms with Crippen molar-refractivity contribution in [1.29, 1.82) is 0 Å². The highest BCUT2D eigenvalue weighted by Crippen LogP contribution is 2.35. The lowest BCUT2D eigenvalue weighted by Gasteiger charge is -2.21. The molecular formula is C15H23F2N. The summed E-state index contributed by atoms with van der Waals surface area (Å²) in [5.41, 5.74) is 6.82. The molecule has 0 spiro atoms. The van der Waals surface area contributed by atoms with Crippen LogP contribution in [0.2, 0.25) is 0 Å². The van der Waals surface area contributed by atoms with Gasteiger partial charge in [-0.2, -0.15) is 0 Å². The second-order valence-corrected chi connectivity index (χ2v) is 5.96. The SMILES string of the molecule is CC(C)C(F)(F)c1ccc(CCC(C)(C)N)cc1. The van der Waals surface area contributed by atoms with E-state index >= 15 is 0 Å². The zero-order chi connectivity index (χ0) is 14.0. The molecule has 2 N–H and O–H groups in total. The third-order valence-corrected chi connectivity index (χ3v) is 3.12. The molecule has 0 atom stereocenters. The van der Waals surface area contributed by atoms with Gasteiger partial charge in [-0.3, -0.25) is 0 Å². The third kappa shape index (κ3) is 4.05. The summed E-state index contributed by atoms with van der Waals surface area (Å²) in [5, 5.41) is 0. The molecule has 0 amide bonds. The number of nitrogens with two attached hydrogens (primary N) is 1. The Bertz CT molecular complexity index is 374. The van der Waals surface area contributed by atoms with Crippen LogP contribution in [0.3, 0.4) is 0 Å². The molecule has 0 unspecified atom stereocenters. The van der Waals surface area contributed by atoms with Crippen molar-refractivity contribution < 1.29 is 8.78 Å². The maximum Gasteiger partial charge on any atom is 0.275 e. The van der Waals surface area contributed by atoms with Crippen LogP contribution in [0.15, 0.2) is 24.3 Å². The Labute approximate surface area is 108 Å². The molecule has 0 radical (unpaired) electrons. The predicted molar refractivity (Wildman–Crippen MR) is 71.8 cm³/mol. The molecule has 1 aromatic carbocycles. The topological polar surface area (TPSA) is 26.0 Å². The number of hydrogen-bond donors (Lipinski definition) is 1. The van der Waals surface area contributed by atoms with Gasteiger partial charge < -0.3 is 5.73 Å². The van der Waals surface area contributed by atoms with Gasteiger partial charge in [-0.15, -0.1) is 0 Å². The molecule has 0 bridgehead atoms. The Morgan fingerprint density at radius 2 is 1.61 bits per heavy atom. The maximum atomic E-state index is 13.8. The molecule has 0 aromatic heterocycles. The van der Waals surface area contributed by atoms with Crippen molar-refractivity contribution in [3.05, 3.63) is 35.4 Å². The minimum Gasteiger partial charge on any atom is -0.326 e. The van der Waals surface area contributed by atoms with Crippen LogP contribution in [0.1, 0.15) is 45.2 Å². The first-order valence-electron chi connectivity index (χ1n) is 6.39. The zero-order valence-electron chi connectivity index (χ0n) is 11.6. The first-order valence-corrected chi connectivity index (χ1v) is 6.39. The van der Waals surface area contributed by atoms with Gasteiger partial charge in [0.15, 0.2) is 0 Å². The molecule has 1 nitrogen and oxygen atoms in total. The first-order chi connectivity index (χ1) is 8.13. The van der Waals surface area contributed by atoms with E-state index in [1.54, 1.807) is 12.1 Å². The van der Waals surface area contributed by atoms with Crippen LogP contribution in [0.4, 0.5) is 8.78 Å². The van der Waals surface area contributed by atoms with E-state index in [1.807, 2.05) is 13.8 Å². The van der Waals surface area contributed by atoms with Crippen LogP contribution in [-0.4, -0.2) is 5.54 Å². The Morgan fingerprint density at radius 3 is 2.00 bits per heavy atom. The van der Waals surface area contributed by atoms with Crippen molar-refractivity contribution in [2.24, 2.45) is 11.7 Å². The smallest absolute Gasteiger partial charge is 0.275 e. The zero-order valence-corrected chi connectivity index (χ0v) is 11.6. The van der Waals surface area contributed by atoms with Gasteiger partial charge in [0.1, 0.15) is 0 Å². The molecule has 0 saturated heterocycles. The molecule has 0 aliphatic heterocycles. The summed E-state index contributed by atoms with van der Waals surface area (Å²) in [6.07, 6.45) is 1.66. The summed E-state index contributed by atoms with van der Waals surface area (Å²) in [5.74, 6) is -3.45. The number of aryl methyl sites for hydroxylation is 1. The fraction of sp³-hybridized carbons (Fsp3) is 0.600. The molecule has 0 aliphatic rings. The van der Waals surface area contributed by atoms with Crippen LogP contribution >= 0.6 is 0 Å². The molecule has 18 heavy (non-hydrogen) atoms. The van der Waals surface area contributed by atoms with Crippen LogP contribution in [0, 0.1) is 5.92 Å². The van der Waals surface area contributed by atoms with Gasteiger partial charge >= 0.3 is 0 Å². The maximum absolute atomic E-state index is 13.8. The van der Waals surface area contributed by atoms with Crippen molar-refractivity contribution in [2.45, 2.75) is 52.0 Å². The van der Waals surface area contributed by atoms with Gasteiger partial charge in [0.25, 0.3) is 5.92 Å². The van der Waals surface area contributed by atoms with E-state index in [0.717, 1.165) is 18.4 Å². The molecule has 0 fully saturated rings. The molecule has 0 aliphatic carbocycles. The van der Waals surface area contributed by atoms with Crippen LogP contribution < -0.4 is 5.73 Å². The predicted octanol–water partition coefficient (Wildman–Crippen LogP) is 4.10. The van der Waals surface area contributed by atoms with Gasteiger partial charge in [0, 0.05) is 17.0 Å². The molecular weight excluding hydrogens is 232 g/mol.